The highest BCUT2D eigenvalue weighted by Crippen LogP contribution is 2.12. The van der Waals surface area contributed by atoms with E-state index in [1.165, 1.54) is 0 Å². The van der Waals surface area contributed by atoms with Gasteiger partial charge in [0.15, 0.2) is 0 Å². The van der Waals surface area contributed by atoms with Crippen molar-refractivity contribution in [2.45, 2.75) is 26.7 Å². The van der Waals surface area contributed by atoms with Crippen LogP contribution in [0.2, 0.25) is 0 Å². The van der Waals surface area contributed by atoms with Crippen LogP contribution in [-0.2, 0) is 6.42 Å². The zero-order valence-corrected chi connectivity index (χ0v) is 14.4. The van der Waals surface area contributed by atoms with Gasteiger partial charge in [0.1, 0.15) is 23.1 Å². The van der Waals surface area contributed by atoms with Crippen molar-refractivity contribution < 1.29 is 9.53 Å². The fourth-order valence-corrected chi connectivity index (χ4v) is 2.27. The van der Waals surface area contributed by atoms with Crippen LogP contribution in [0.25, 0.3) is 0 Å². The lowest BCUT2D eigenvalue weighted by molar-refractivity contribution is 0.0949. The number of nitrogens with zero attached hydrogens (tertiary/aromatic N) is 2. The Kier molecular flexibility index (Phi) is 6.54. The monoisotopic (exact) mass is 328 g/mol. The highest BCUT2D eigenvalue weighted by Gasteiger charge is 2.10. The maximum atomic E-state index is 12.3. The number of nitrogens with one attached hydrogen (secondary N) is 2. The minimum absolute atomic E-state index is 0.192. The lowest BCUT2D eigenvalue weighted by atomic mass is 10.1. The van der Waals surface area contributed by atoms with Crippen molar-refractivity contribution >= 4 is 11.7 Å². The zero-order valence-electron chi connectivity index (χ0n) is 14.4. The first-order valence-corrected chi connectivity index (χ1v) is 8.13. The summed E-state index contributed by atoms with van der Waals surface area (Å²) in [7, 11) is 1.64. The Morgan fingerprint density at radius 3 is 2.79 bits per heavy atom. The fourth-order valence-electron chi connectivity index (χ4n) is 2.27. The molecule has 0 bridgehead atoms. The molecule has 24 heavy (non-hydrogen) atoms. The van der Waals surface area contributed by atoms with Crippen molar-refractivity contribution in [3.05, 3.63) is 47.4 Å². The van der Waals surface area contributed by atoms with Crippen LogP contribution in [-0.4, -0.2) is 36.1 Å². The minimum Gasteiger partial charge on any atom is -0.497 e. The van der Waals surface area contributed by atoms with E-state index < -0.39 is 0 Å². The molecule has 1 amide bonds. The van der Waals surface area contributed by atoms with Crippen molar-refractivity contribution in [1.29, 1.82) is 0 Å². The predicted octanol–water partition coefficient (Wildman–Crippen LogP) is 2.59. The third-order valence-electron chi connectivity index (χ3n) is 3.46. The van der Waals surface area contributed by atoms with Gasteiger partial charge in [-0.2, -0.15) is 0 Å². The molecule has 0 atom stereocenters. The van der Waals surface area contributed by atoms with Gasteiger partial charge in [0, 0.05) is 19.2 Å². The summed E-state index contributed by atoms with van der Waals surface area (Å²) >= 11 is 0. The van der Waals surface area contributed by atoms with Gasteiger partial charge in [-0.05, 0) is 37.5 Å². The lowest BCUT2D eigenvalue weighted by Crippen LogP contribution is -2.27. The Morgan fingerprint density at radius 1 is 1.21 bits per heavy atom. The van der Waals surface area contributed by atoms with Gasteiger partial charge in [-0.15, -0.1) is 0 Å². The van der Waals surface area contributed by atoms with Crippen LogP contribution in [0.15, 0.2) is 30.3 Å². The molecule has 6 heteroatoms. The first-order valence-electron chi connectivity index (χ1n) is 8.13. The van der Waals surface area contributed by atoms with E-state index in [0.717, 1.165) is 30.7 Å². The van der Waals surface area contributed by atoms with Gasteiger partial charge in [0.2, 0.25) is 0 Å². The molecule has 128 valence electrons. The number of methoxy groups -OCH3 is 1. The van der Waals surface area contributed by atoms with E-state index in [-0.39, 0.29) is 5.91 Å². The van der Waals surface area contributed by atoms with Gasteiger partial charge in [-0.25, -0.2) is 9.97 Å². The summed E-state index contributed by atoms with van der Waals surface area (Å²) in [5.41, 5.74) is 1.49. The largest absolute Gasteiger partial charge is 0.497 e. The maximum absolute atomic E-state index is 12.3. The highest BCUT2D eigenvalue weighted by atomic mass is 16.5. The van der Waals surface area contributed by atoms with Crippen LogP contribution in [0, 0.1) is 6.92 Å². The molecule has 1 aromatic carbocycles. The fraction of sp³-hybridized carbons (Fsp3) is 0.389. The van der Waals surface area contributed by atoms with Gasteiger partial charge in [0.25, 0.3) is 5.91 Å². The number of anilines is 1. The van der Waals surface area contributed by atoms with Crippen molar-refractivity contribution in [3.8, 4) is 5.75 Å². The third-order valence-corrected chi connectivity index (χ3v) is 3.46. The van der Waals surface area contributed by atoms with Crippen molar-refractivity contribution in [1.82, 2.24) is 15.3 Å². The van der Waals surface area contributed by atoms with Gasteiger partial charge in [-0.1, -0.05) is 19.1 Å². The average Bonchev–Trinajstić information content (AvgIpc) is 2.59. The van der Waals surface area contributed by atoms with Crippen molar-refractivity contribution in [2.24, 2.45) is 0 Å². The van der Waals surface area contributed by atoms with Crippen molar-refractivity contribution in [3.63, 3.8) is 0 Å². The number of hydrogen-bond donors (Lipinski definition) is 2. The highest BCUT2D eigenvalue weighted by molar-refractivity contribution is 5.92. The summed E-state index contributed by atoms with van der Waals surface area (Å²) < 4.78 is 5.20. The van der Waals surface area contributed by atoms with E-state index in [2.05, 4.69) is 27.5 Å². The number of rotatable bonds is 8. The number of aromatic nitrogens is 2. The molecule has 2 aromatic rings. The summed E-state index contributed by atoms with van der Waals surface area (Å²) in [5.74, 6) is 1.89. The molecule has 0 aliphatic rings. The summed E-state index contributed by atoms with van der Waals surface area (Å²) in [6.45, 7) is 5.21. The molecule has 6 nitrogen and oxygen atoms in total. The second-order valence-electron chi connectivity index (χ2n) is 5.47. The number of benzene rings is 1. The molecule has 2 N–H and O–H groups in total. The molecule has 0 unspecified atom stereocenters. The molecule has 0 spiro atoms. The molecule has 0 aliphatic carbocycles. The SMILES string of the molecule is CCCNc1cc(C(=O)NCCc2cccc(OC)c2)nc(C)n1. The number of amides is 1. The van der Waals surface area contributed by atoms with E-state index >= 15 is 0 Å². The van der Waals surface area contributed by atoms with E-state index in [1.54, 1.807) is 20.1 Å². The van der Waals surface area contributed by atoms with Crippen LogP contribution in [0.5, 0.6) is 5.75 Å². The lowest BCUT2D eigenvalue weighted by Gasteiger charge is -2.09. The Morgan fingerprint density at radius 2 is 2.04 bits per heavy atom. The molecule has 0 radical (unpaired) electrons. The Balaban J connectivity index is 1.93. The predicted molar refractivity (Wildman–Crippen MR) is 94.6 cm³/mol. The van der Waals surface area contributed by atoms with E-state index in [4.69, 9.17) is 4.74 Å². The smallest absolute Gasteiger partial charge is 0.270 e. The number of carbonyl (C=O) groups excluding carboxylic acids is 1. The summed E-state index contributed by atoms with van der Waals surface area (Å²) in [4.78, 5) is 20.8. The zero-order chi connectivity index (χ0) is 17.4. The molecule has 2 rings (SSSR count). The number of aryl methyl sites for hydroxylation is 1. The van der Waals surface area contributed by atoms with Gasteiger partial charge >= 0.3 is 0 Å². The number of carbonyl (C=O) groups is 1. The second kappa shape index (κ2) is 8.86. The summed E-state index contributed by atoms with van der Waals surface area (Å²) in [6, 6.07) is 9.50. The van der Waals surface area contributed by atoms with Crippen LogP contribution in [0.1, 0.15) is 35.2 Å². The molecule has 0 aliphatic heterocycles. The summed E-state index contributed by atoms with van der Waals surface area (Å²) in [6.07, 6.45) is 1.72. The Bertz CT molecular complexity index is 688. The molecule has 0 saturated heterocycles. The van der Waals surface area contributed by atoms with Crippen LogP contribution >= 0.6 is 0 Å². The Hall–Kier alpha value is -2.63. The van der Waals surface area contributed by atoms with E-state index in [0.29, 0.717) is 23.9 Å². The first kappa shape index (κ1) is 17.7. The maximum Gasteiger partial charge on any atom is 0.270 e. The normalized spacial score (nSPS) is 10.3. The number of hydrogen-bond acceptors (Lipinski definition) is 5. The van der Waals surface area contributed by atoms with Crippen molar-refractivity contribution in [2.75, 3.05) is 25.5 Å². The standard InChI is InChI=1S/C18H24N4O2/c1-4-9-19-17-12-16(21-13(2)22-17)18(23)20-10-8-14-6-5-7-15(11-14)24-3/h5-7,11-12H,4,8-10H2,1-3H3,(H,20,23)(H,19,21,22). The first-order chi connectivity index (χ1) is 11.6. The van der Waals surface area contributed by atoms with E-state index in [9.17, 15) is 4.79 Å². The van der Waals surface area contributed by atoms with Gasteiger partial charge in [0.05, 0.1) is 7.11 Å². The second-order valence-corrected chi connectivity index (χ2v) is 5.47. The van der Waals surface area contributed by atoms with E-state index in [1.807, 2.05) is 24.3 Å². The molecule has 0 saturated carbocycles. The minimum atomic E-state index is -0.192. The molecule has 0 fully saturated rings. The molecular formula is C18H24N4O2. The molecular weight excluding hydrogens is 304 g/mol. The third kappa shape index (κ3) is 5.22. The molecule has 1 heterocycles. The Labute approximate surface area is 142 Å². The van der Waals surface area contributed by atoms with Crippen LogP contribution < -0.4 is 15.4 Å². The summed E-state index contributed by atoms with van der Waals surface area (Å²) in [5, 5.41) is 6.08. The average molecular weight is 328 g/mol. The van der Waals surface area contributed by atoms with Gasteiger partial charge in [-0.3, -0.25) is 4.79 Å². The number of ether oxygens (including phenoxy) is 1. The van der Waals surface area contributed by atoms with Gasteiger partial charge < -0.3 is 15.4 Å². The van der Waals surface area contributed by atoms with Crippen LogP contribution in [0.4, 0.5) is 5.82 Å². The quantitative estimate of drug-likeness (QED) is 0.779. The van der Waals surface area contributed by atoms with Crippen LogP contribution in [0.3, 0.4) is 0 Å². The molecule has 1 aromatic heterocycles. The topological polar surface area (TPSA) is 76.1 Å².